The van der Waals surface area contributed by atoms with Gasteiger partial charge in [-0.25, -0.2) is 0 Å². The van der Waals surface area contributed by atoms with Gasteiger partial charge in [0.15, 0.2) is 5.96 Å². The smallest absolute Gasteiger partial charge is 0.193 e. The number of nitrogens with zero attached hydrogens (tertiary/aromatic N) is 2. The summed E-state index contributed by atoms with van der Waals surface area (Å²) < 4.78 is 5.34. The maximum atomic E-state index is 5.34. The van der Waals surface area contributed by atoms with Crippen molar-refractivity contribution in [2.24, 2.45) is 16.3 Å². The van der Waals surface area contributed by atoms with Crippen LogP contribution in [0.4, 0.5) is 0 Å². The summed E-state index contributed by atoms with van der Waals surface area (Å²) in [5, 5.41) is 3.47. The molecule has 132 valence electrons. The average Bonchev–Trinajstić information content (AvgIpc) is 2.59. The van der Waals surface area contributed by atoms with E-state index in [1.165, 1.54) is 24.8 Å². The van der Waals surface area contributed by atoms with Crippen LogP contribution >= 0.6 is 0 Å². The molecule has 4 nitrogen and oxygen atoms in total. The fourth-order valence-electron chi connectivity index (χ4n) is 3.53. The molecular formula is C20H31N3O. The first-order valence-electron chi connectivity index (χ1n) is 9.33. The number of likely N-dealkylation sites (tertiary alicyclic amines) is 1. The van der Waals surface area contributed by atoms with Crippen molar-refractivity contribution in [2.75, 3.05) is 39.4 Å². The summed E-state index contributed by atoms with van der Waals surface area (Å²) >= 11 is 0. The van der Waals surface area contributed by atoms with Gasteiger partial charge in [-0.05, 0) is 37.7 Å². The molecule has 0 radical (unpaired) electrons. The van der Waals surface area contributed by atoms with E-state index in [1.807, 2.05) is 0 Å². The standard InChI is InChI=1S/C20H31N3O/c1-3-21-19(22-14-20(2)15-24-16-20)23-11-9-18(10-12-23)13-17-7-5-4-6-8-17/h4-8,18H,3,9-16H2,1-2H3,(H,21,22). The first-order chi connectivity index (χ1) is 11.7. The van der Waals surface area contributed by atoms with Gasteiger partial charge in [-0.15, -0.1) is 0 Å². The molecule has 4 heteroatoms. The first-order valence-corrected chi connectivity index (χ1v) is 9.33. The second kappa shape index (κ2) is 8.02. The van der Waals surface area contributed by atoms with E-state index in [9.17, 15) is 0 Å². The van der Waals surface area contributed by atoms with E-state index in [0.29, 0.717) is 0 Å². The topological polar surface area (TPSA) is 36.9 Å². The molecule has 2 aliphatic rings. The number of guanidine groups is 1. The SMILES string of the molecule is CCNC(=NCC1(C)COC1)N1CCC(Cc2ccccc2)CC1. The fourth-order valence-corrected chi connectivity index (χ4v) is 3.53. The van der Waals surface area contributed by atoms with Crippen molar-refractivity contribution in [2.45, 2.75) is 33.1 Å². The van der Waals surface area contributed by atoms with Gasteiger partial charge in [0.2, 0.25) is 0 Å². The highest BCUT2D eigenvalue weighted by Crippen LogP contribution is 2.27. The molecule has 0 bridgehead atoms. The number of piperidine rings is 1. The Morgan fingerprint density at radius 3 is 2.54 bits per heavy atom. The minimum absolute atomic E-state index is 0.242. The van der Waals surface area contributed by atoms with Gasteiger partial charge in [0.1, 0.15) is 0 Å². The van der Waals surface area contributed by atoms with Crippen LogP contribution in [-0.2, 0) is 11.2 Å². The van der Waals surface area contributed by atoms with Crippen molar-refractivity contribution >= 4 is 5.96 Å². The summed E-state index contributed by atoms with van der Waals surface area (Å²) in [6.07, 6.45) is 3.71. The Bertz CT molecular complexity index is 531. The lowest BCUT2D eigenvalue weighted by atomic mass is 9.89. The molecule has 24 heavy (non-hydrogen) atoms. The summed E-state index contributed by atoms with van der Waals surface area (Å²) in [7, 11) is 0. The van der Waals surface area contributed by atoms with E-state index >= 15 is 0 Å². The Morgan fingerprint density at radius 2 is 1.96 bits per heavy atom. The van der Waals surface area contributed by atoms with Gasteiger partial charge >= 0.3 is 0 Å². The Labute approximate surface area is 146 Å². The van der Waals surface area contributed by atoms with E-state index < -0.39 is 0 Å². The zero-order chi connectivity index (χ0) is 16.8. The Kier molecular flexibility index (Phi) is 5.77. The van der Waals surface area contributed by atoms with Crippen molar-refractivity contribution in [1.82, 2.24) is 10.2 Å². The molecule has 1 N–H and O–H groups in total. The number of hydrogen-bond donors (Lipinski definition) is 1. The van der Waals surface area contributed by atoms with E-state index in [4.69, 9.17) is 9.73 Å². The summed E-state index contributed by atoms with van der Waals surface area (Å²) in [4.78, 5) is 7.33. The highest BCUT2D eigenvalue weighted by Gasteiger charge is 2.33. The predicted molar refractivity (Wildman–Crippen MR) is 99.3 cm³/mol. The maximum absolute atomic E-state index is 5.34. The van der Waals surface area contributed by atoms with Gasteiger partial charge in [0.05, 0.1) is 19.8 Å². The third-order valence-electron chi connectivity index (χ3n) is 5.13. The molecule has 2 saturated heterocycles. The lowest BCUT2D eigenvalue weighted by Gasteiger charge is -2.38. The molecule has 0 amide bonds. The molecule has 0 aromatic heterocycles. The van der Waals surface area contributed by atoms with Crippen LogP contribution in [0.15, 0.2) is 35.3 Å². The van der Waals surface area contributed by atoms with Crippen LogP contribution in [0.3, 0.4) is 0 Å². The average molecular weight is 329 g/mol. The predicted octanol–water partition coefficient (Wildman–Crippen LogP) is 2.94. The summed E-state index contributed by atoms with van der Waals surface area (Å²) in [5.41, 5.74) is 1.71. The zero-order valence-electron chi connectivity index (χ0n) is 15.1. The number of ether oxygens (including phenoxy) is 1. The van der Waals surface area contributed by atoms with Crippen LogP contribution < -0.4 is 5.32 Å². The van der Waals surface area contributed by atoms with Crippen molar-refractivity contribution in [1.29, 1.82) is 0 Å². The van der Waals surface area contributed by atoms with Crippen molar-refractivity contribution in [3.05, 3.63) is 35.9 Å². The van der Waals surface area contributed by atoms with Crippen LogP contribution in [0.2, 0.25) is 0 Å². The highest BCUT2D eigenvalue weighted by atomic mass is 16.5. The third kappa shape index (κ3) is 4.50. The lowest BCUT2D eigenvalue weighted by molar-refractivity contribution is -0.0946. The Morgan fingerprint density at radius 1 is 1.25 bits per heavy atom. The Balaban J connectivity index is 1.52. The van der Waals surface area contributed by atoms with E-state index in [-0.39, 0.29) is 5.41 Å². The van der Waals surface area contributed by atoms with Gasteiger partial charge in [-0.2, -0.15) is 0 Å². The number of aliphatic imine (C=N–C) groups is 1. The van der Waals surface area contributed by atoms with Crippen molar-refractivity contribution in [3.8, 4) is 0 Å². The number of rotatable bonds is 5. The molecule has 0 unspecified atom stereocenters. The summed E-state index contributed by atoms with van der Waals surface area (Å²) in [6, 6.07) is 10.9. The van der Waals surface area contributed by atoms with Crippen LogP contribution in [0.5, 0.6) is 0 Å². The molecule has 2 heterocycles. The van der Waals surface area contributed by atoms with Crippen LogP contribution in [0.1, 0.15) is 32.3 Å². The normalized spacial score (nSPS) is 21.4. The summed E-state index contributed by atoms with van der Waals surface area (Å²) in [6.45, 7) is 10.1. The number of nitrogens with one attached hydrogen (secondary N) is 1. The molecule has 3 rings (SSSR count). The first kappa shape index (κ1) is 17.3. The van der Waals surface area contributed by atoms with Gasteiger partial charge in [-0.3, -0.25) is 4.99 Å². The van der Waals surface area contributed by atoms with E-state index in [2.05, 4.69) is 54.4 Å². The quantitative estimate of drug-likeness (QED) is 0.666. The van der Waals surface area contributed by atoms with Crippen LogP contribution in [-0.4, -0.2) is 50.3 Å². The van der Waals surface area contributed by atoms with Crippen molar-refractivity contribution < 1.29 is 4.74 Å². The largest absolute Gasteiger partial charge is 0.380 e. The molecule has 1 aromatic carbocycles. The zero-order valence-corrected chi connectivity index (χ0v) is 15.1. The van der Waals surface area contributed by atoms with Gasteiger partial charge < -0.3 is 15.0 Å². The molecule has 2 aliphatic heterocycles. The third-order valence-corrected chi connectivity index (χ3v) is 5.13. The number of hydrogen-bond acceptors (Lipinski definition) is 2. The van der Waals surface area contributed by atoms with Gasteiger partial charge in [0.25, 0.3) is 0 Å². The van der Waals surface area contributed by atoms with E-state index in [0.717, 1.165) is 51.3 Å². The molecule has 1 aromatic rings. The summed E-state index contributed by atoms with van der Waals surface area (Å²) in [5.74, 6) is 1.88. The monoisotopic (exact) mass is 329 g/mol. The second-order valence-electron chi connectivity index (χ2n) is 7.59. The highest BCUT2D eigenvalue weighted by molar-refractivity contribution is 5.80. The van der Waals surface area contributed by atoms with Gasteiger partial charge in [0, 0.05) is 25.0 Å². The fraction of sp³-hybridized carbons (Fsp3) is 0.650. The molecule has 0 spiro atoms. The molecule has 0 aliphatic carbocycles. The minimum Gasteiger partial charge on any atom is -0.380 e. The second-order valence-corrected chi connectivity index (χ2v) is 7.59. The van der Waals surface area contributed by atoms with E-state index in [1.54, 1.807) is 0 Å². The molecule has 0 atom stereocenters. The Hall–Kier alpha value is -1.55. The van der Waals surface area contributed by atoms with Crippen molar-refractivity contribution in [3.63, 3.8) is 0 Å². The molecule has 0 saturated carbocycles. The molecule has 2 fully saturated rings. The van der Waals surface area contributed by atoms with Crippen LogP contribution in [0.25, 0.3) is 0 Å². The lowest BCUT2D eigenvalue weighted by Crippen LogP contribution is -2.48. The van der Waals surface area contributed by atoms with Crippen LogP contribution in [0, 0.1) is 11.3 Å². The number of benzene rings is 1. The molecular weight excluding hydrogens is 298 g/mol. The van der Waals surface area contributed by atoms with Gasteiger partial charge in [-0.1, -0.05) is 37.3 Å². The maximum Gasteiger partial charge on any atom is 0.193 e. The minimum atomic E-state index is 0.242.